The number of nitrogens with one attached hydrogen (secondary N) is 1. The van der Waals surface area contributed by atoms with Gasteiger partial charge in [0.2, 0.25) is 0 Å². The Balaban J connectivity index is 1.85. The van der Waals surface area contributed by atoms with Crippen LogP contribution in [0.5, 0.6) is 0 Å². The smallest absolute Gasteiger partial charge is 0.0931 e. The lowest BCUT2D eigenvalue weighted by Gasteiger charge is -2.09. The number of benzene rings is 2. The Morgan fingerprint density at radius 2 is 1.95 bits per heavy atom. The Kier molecular flexibility index (Phi) is 2.89. The van der Waals surface area contributed by atoms with E-state index in [1.165, 1.54) is 0 Å². The molecule has 21 heavy (non-hydrogen) atoms. The first-order chi connectivity index (χ1) is 10.3. The molecule has 4 aromatic rings. The third kappa shape index (κ3) is 2.17. The Morgan fingerprint density at radius 3 is 2.81 bits per heavy atom. The number of halogens is 1. The van der Waals surface area contributed by atoms with E-state index in [0.29, 0.717) is 0 Å². The lowest BCUT2D eigenvalue weighted by Crippen LogP contribution is -1.94. The van der Waals surface area contributed by atoms with Gasteiger partial charge in [0.05, 0.1) is 23.1 Å². The van der Waals surface area contributed by atoms with Crippen molar-refractivity contribution in [1.29, 1.82) is 0 Å². The third-order valence-electron chi connectivity index (χ3n) is 3.51. The summed E-state index contributed by atoms with van der Waals surface area (Å²) in [7, 11) is 0. The van der Waals surface area contributed by atoms with Crippen LogP contribution in [0.4, 0.5) is 0 Å². The summed E-state index contributed by atoms with van der Waals surface area (Å²) in [6.07, 6.45) is 3.66. The predicted octanol–water partition coefficient (Wildman–Crippen LogP) is 4.58. The van der Waals surface area contributed by atoms with Crippen molar-refractivity contribution in [2.24, 2.45) is 0 Å². The highest BCUT2D eigenvalue weighted by Gasteiger charge is 2.07. The van der Waals surface area contributed by atoms with Gasteiger partial charge < -0.3 is 9.55 Å². The molecule has 0 aliphatic rings. The van der Waals surface area contributed by atoms with E-state index in [0.717, 1.165) is 32.5 Å². The number of fused-ring (bicyclic) bond motifs is 1. The minimum Gasteiger partial charge on any atom is -0.345 e. The summed E-state index contributed by atoms with van der Waals surface area (Å²) >= 11 is 3.47. The van der Waals surface area contributed by atoms with Crippen LogP contribution < -0.4 is 0 Å². The zero-order chi connectivity index (χ0) is 14.2. The van der Waals surface area contributed by atoms with Gasteiger partial charge >= 0.3 is 0 Å². The van der Waals surface area contributed by atoms with E-state index >= 15 is 0 Å². The lowest BCUT2D eigenvalue weighted by atomic mass is 10.1. The van der Waals surface area contributed by atoms with Gasteiger partial charge in [-0.1, -0.05) is 28.1 Å². The minimum atomic E-state index is 0.961. The molecular formula is C17H11BrN3. The molecule has 0 saturated carbocycles. The Hall–Kier alpha value is -2.33. The minimum absolute atomic E-state index is 0.961. The van der Waals surface area contributed by atoms with Gasteiger partial charge in [-0.15, -0.1) is 0 Å². The summed E-state index contributed by atoms with van der Waals surface area (Å²) < 4.78 is 3.20. The van der Waals surface area contributed by atoms with Crippen molar-refractivity contribution >= 4 is 27.0 Å². The highest BCUT2D eigenvalue weighted by Crippen LogP contribution is 2.26. The molecular weight excluding hydrogens is 326 g/mol. The molecule has 1 N–H and O–H groups in total. The predicted molar refractivity (Wildman–Crippen MR) is 87.4 cm³/mol. The summed E-state index contributed by atoms with van der Waals surface area (Å²) in [4.78, 5) is 7.43. The highest BCUT2D eigenvalue weighted by atomic mass is 79.9. The summed E-state index contributed by atoms with van der Waals surface area (Å²) in [5, 5.41) is 0. The molecule has 0 fully saturated rings. The van der Waals surface area contributed by atoms with Crippen LogP contribution in [0.25, 0.3) is 28.0 Å². The molecule has 2 heterocycles. The van der Waals surface area contributed by atoms with Gasteiger partial charge in [0.25, 0.3) is 0 Å². The summed E-state index contributed by atoms with van der Waals surface area (Å²) in [6.45, 7) is 0. The van der Waals surface area contributed by atoms with Crippen LogP contribution in [0.15, 0.2) is 65.5 Å². The first-order valence-electron chi connectivity index (χ1n) is 6.59. The summed E-state index contributed by atoms with van der Waals surface area (Å²) in [5.41, 5.74) is 5.34. The maximum absolute atomic E-state index is 4.32. The largest absolute Gasteiger partial charge is 0.345 e. The molecule has 0 spiro atoms. The SMILES string of the molecule is Brc1ccc(-c2c[c]cn2-c2ccc3[nH]cnc3c2)cc1. The Bertz CT molecular complexity index is 903. The Labute approximate surface area is 130 Å². The molecule has 1 radical (unpaired) electrons. The van der Waals surface area contributed by atoms with Gasteiger partial charge in [0.1, 0.15) is 0 Å². The highest BCUT2D eigenvalue weighted by molar-refractivity contribution is 9.10. The van der Waals surface area contributed by atoms with E-state index in [2.05, 4.69) is 60.8 Å². The molecule has 4 heteroatoms. The zero-order valence-corrected chi connectivity index (χ0v) is 12.6. The van der Waals surface area contributed by atoms with Crippen molar-refractivity contribution in [2.45, 2.75) is 0 Å². The topological polar surface area (TPSA) is 33.6 Å². The van der Waals surface area contributed by atoms with Crippen LogP contribution in [-0.2, 0) is 0 Å². The molecule has 0 bridgehead atoms. The number of hydrogen-bond acceptors (Lipinski definition) is 1. The van der Waals surface area contributed by atoms with Crippen LogP contribution in [0.1, 0.15) is 0 Å². The van der Waals surface area contributed by atoms with Crippen molar-refractivity contribution < 1.29 is 0 Å². The van der Waals surface area contributed by atoms with E-state index in [9.17, 15) is 0 Å². The van der Waals surface area contributed by atoms with Gasteiger partial charge in [-0.2, -0.15) is 0 Å². The van der Waals surface area contributed by atoms with Crippen LogP contribution in [-0.4, -0.2) is 14.5 Å². The van der Waals surface area contributed by atoms with Crippen molar-refractivity contribution in [3.8, 4) is 16.9 Å². The molecule has 0 unspecified atom stereocenters. The standard InChI is InChI=1S/C17H11BrN3/c18-13-5-3-12(4-6-13)17-2-1-9-21(17)14-7-8-15-16(10-14)20-11-19-15/h2-11H,(H,19,20). The van der Waals surface area contributed by atoms with Gasteiger partial charge in [0.15, 0.2) is 0 Å². The third-order valence-corrected chi connectivity index (χ3v) is 4.04. The molecule has 0 atom stereocenters. The van der Waals surface area contributed by atoms with Crippen LogP contribution in [0.2, 0.25) is 0 Å². The van der Waals surface area contributed by atoms with E-state index in [1.807, 2.05) is 30.5 Å². The molecule has 2 aromatic heterocycles. The Morgan fingerprint density at radius 1 is 1.10 bits per heavy atom. The quantitative estimate of drug-likeness (QED) is 0.571. The number of imidazole rings is 1. The van der Waals surface area contributed by atoms with Gasteiger partial charge in [-0.3, -0.25) is 0 Å². The summed E-state index contributed by atoms with van der Waals surface area (Å²) in [6, 6.07) is 19.6. The number of aromatic nitrogens is 3. The van der Waals surface area contributed by atoms with Crippen molar-refractivity contribution in [1.82, 2.24) is 14.5 Å². The average molecular weight is 337 g/mol. The number of nitrogens with zero attached hydrogens (tertiary/aromatic N) is 2. The van der Waals surface area contributed by atoms with E-state index < -0.39 is 0 Å². The van der Waals surface area contributed by atoms with Crippen molar-refractivity contribution in [3.63, 3.8) is 0 Å². The second kappa shape index (κ2) is 4.90. The fourth-order valence-corrected chi connectivity index (χ4v) is 2.72. The fourth-order valence-electron chi connectivity index (χ4n) is 2.46. The molecule has 0 aliphatic heterocycles. The second-order valence-electron chi connectivity index (χ2n) is 4.81. The van der Waals surface area contributed by atoms with Crippen molar-refractivity contribution in [2.75, 3.05) is 0 Å². The maximum Gasteiger partial charge on any atom is 0.0931 e. The number of hydrogen-bond donors (Lipinski definition) is 1. The first-order valence-corrected chi connectivity index (χ1v) is 7.38. The average Bonchev–Trinajstić information content (AvgIpc) is 3.16. The fraction of sp³-hybridized carbons (Fsp3) is 0. The molecule has 4 rings (SSSR count). The second-order valence-corrected chi connectivity index (χ2v) is 5.72. The lowest BCUT2D eigenvalue weighted by molar-refractivity contribution is 1.09. The maximum atomic E-state index is 4.32. The van der Waals surface area contributed by atoms with Gasteiger partial charge in [0, 0.05) is 22.4 Å². The molecule has 2 aromatic carbocycles. The van der Waals surface area contributed by atoms with Crippen LogP contribution in [0, 0.1) is 6.07 Å². The van der Waals surface area contributed by atoms with Crippen LogP contribution >= 0.6 is 15.9 Å². The van der Waals surface area contributed by atoms with Crippen molar-refractivity contribution in [3.05, 3.63) is 71.6 Å². The number of rotatable bonds is 2. The monoisotopic (exact) mass is 336 g/mol. The van der Waals surface area contributed by atoms with Gasteiger partial charge in [-0.25, -0.2) is 4.98 Å². The van der Waals surface area contributed by atoms with E-state index in [-0.39, 0.29) is 0 Å². The molecule has 0 amide bonds. The van der Waals surface area contributed by atoms with E-state index in [4.69, 9.17) is 0 Å². The van der Waals surface area contributed by atoms with Crippen LogP contribution in [0.3, 0.4) is 0 Å². The van der Waals surface area contributed by atoms with Gasteiger partial charge in [-0.05, 0) is 42.0 Å². The molecule has 101 valence electrons. The number of aromatic amines is 1. The summed E-state index contributed by atoms with van der Waals surface area (Å²) in [5.74, 6) is 0. The zero-order valence-electron chi connectivity index (χ0n) is 11.0. The number of H-pyrrole nitrogens is 1. The molecule has 0 aliphatic carbocycles. The normalized spacial score (nSPS) is 11.1. The molecule has 3 nitrogen and oxygen atoms in total. The van der Waals surface area contributed by atoms with E-state index in [1.54, 1.807) is 6.33 Å². The molecule has 0 saturated heterocycles. The first kappa shape index (κ1) is 12.4.